The summed E-state index contributed by atoms with van der Waals surface area (Å²) in [5.41, 5.74) is 1.15. The van der Waals surface area contributed by atoms with Crippen LogP contribution in [0.15, 0.2) is 24.3 Å². The third-order valence-corrected chi connectivity index (χ3v) is 3.27. The van der Waals surface area contributed by atoms with Crippen molar-refractivity contribution < 1.29 is 9.53 Å². The molecule has 4 heteroatoms. The van der Waals surface area contributed by atoms with Crippen LogP contribution >= 0.6 is 0 Å². The van der Waals surface area contributed by atoms with Crippen molar-refractivity contribution in [3.63, 3.8) is 0 Å². The summed E-state index contributed by atoms with van der Waals surface area (Å²) in [5, 5.41) is 2.95. The number of carbonyl (C=O) groups excluding carboxylic acids is 1. The fourth-order valence-electron chi connectivity index (χ4n) is 2.16. The lowest BCUT2D eigenvalue weighted by atomic mass is 9.92. The second-order valence-electron chi connectivity index (χ2n) is 3.92. The number of rotatable bonds is 3. The van der Waals surface area contributed by atoms with Crippen molar-refractivity contribution in [1.29, 1.82) is 0 Å². The third-order valence-electron chi connectivity index (χ3n) is 3.02. The lowest BCUT2D eigenvalue weighted by molar-refractivity contribution is -0.112. The van der Waals surface area contributed by atoms with Crippen molar-refractivity contribution in [1.82, 2.24) is 5.32 Å². The van der Waals surface area contributed by atoms with E-state index < -0.39 is 0 Å². The molecular formula is C12H14NO2S-. The topological polar surface area (TPSA) is 38.3 Å². The maximum Gasteiger partial charge on any atom is 0.118 e. The number of carbonyl (C=O) groups is 1. The maximum absolute atomic E-state index is 11.3. The van der Waals surface area contributed by atoms with Crippen LogP contribution in [-0.4, -0.2) is 24.8 Å². The number of methoxy groups -OCH3 is 1. The summed E-state index contributed by atoms with van der Waals surface area (Å²) in [5.74, 6) is 1.03. The first kappa shape index (κ1) is 11.4. The third kappa shape index (κ3) is 2.18. The van der Waals surface area contributed by atoms with Crippen molar-refractivity contribution in [3.05, 3.63) is 29.8 Å². The minimum Gasteiger partial charge on any atom is -0.740 e. The minimum atomic E-state index is -0.205. The van der Waals surface area contributed by atoms with Gasteiger partial charge in [0, 0.05) is 11.0 Å². The summed E-state index contributed by atoms with van der Waals surface area (Å²) >= 11 is 4.74. The van der Waals surface area contributed by atoms with E-state index >= 15 is 0 Å². The van der Waals surface area contributed by atoms with Crippen LogP contribution in [0.4, 0.5) is 0 Å². The number of ether oxygens (including phenoxy) is 1. The van der Waals surface area contributed by atoms with Crippen LogP contribution in [0.5, 0.6) is 5.75 Å². The predicted octanol–water partition coefficient (Wildman–Crippen LogP) is 1.21. The Balaban J connectivity index is 2.19. The van der Waals surface area contributed by atoms with Crippen LogP contribution in [0.25, 0.3) is 0 Å². The molecule has 2 unspecified atom stereocenters. The van der Waals surface area contributed by atoms with Crippen LogP contribution in [-0.2, 0) is 17.4 Å². The standard InChI is InChI=1S/C12H15NO2S/c1-15-9-4-2-8(3-5-9)10-6-7-13-11(10)12(14)16/h2-5,10-11,13H,6-7H2,1H3,(H,14,16)/p-1. The van der Waals surface area contributed by atoms with Gasteiger partial charge in [-0.2, -0.15) is 0 Å². The van der Waals surface area contributed by atoms with Crippen LogP contribution in [0.2, 0.25) is 0 Å². The molecule has 2 rings (SSSR count). The lowest BCUT2D eigenvalue weighted by Crippen LogP contribution is -2.33. The summed E-state index contributed by atoms with van der Waals surface area (Å²) in [4.78, 5) is 11.3. The molecule has 0 spiro atoms. The van der Waals surface area contributed by atoms with Gasteiger partial charge in [0.2, 0.25) is 0 Å². The lowest BCUT2D eigenvalue weighted by Gasteiger charge is -2.21. The first-order valence-electron chi connectivity index (χ1n) is 5.30. The van der Waals surface area contributed by atoms with Crippen molar-refractivity contribution in [2.75, 3.05) is 13.7 Å². The number of benzene rings is 1. The molecule has 1 N–H and O–H groups in total. The zero-order valence-corrected chi connectivity index (χ0v) is 9.92. The molecule has 0 saturated carbocycles. The van der Waals surface area contributed by atoms with Gasteiger partial charge in [-0.05, 0) is 30.7 Å². The van der Waals surface area contributed by atoms with E-state index in [1.54, 1.807) is 7.11 Å². The zero-order chi connectivity index (χ0) is 11.5. The molecule has 1 aromatic rings. The van der Waals surface area contributed by atoms with Gasteiger partial charge < -0.3 is 27.5 Å². The molecule has 3 nitrogen and oxygen atoms in total. The number of hydrogen-bond donors (Lipinski definition) is 1. The fourth-order valence-corrected chi connectivity index (χ4v) is 2.41. The SMILES string of the molecule is COc1ccc(C2CCNC2C(=O)[S-])cc1. The van der Waals surface area contributed by atoms with E-state index in [2.05, 4.69) is 5.32 Å². The molecule has 0 aliphatic carbocycles. The smallest absolute Gasteiger partial charge is 0.118 e. The molecule has 16 heavy (non-hydrogen) atoms. The van der Waals surface area contributed by atoms with E-state index in [1.807, 2.05) is 24.3 Å². The molecule has 1 aromatic carbocycles. The van der Waals surface area contributed by atoms with Crippen LogP contribution < -0.4 is 10.1 Å². The Morgan fingerprint density at radius 1 is 1.44 bits per heavy atom. The Bertz CT molecular complexity index is 377. The van der Waals surface area contributed by atoms with Crippen LogP contribution in [0.3, 0.4) is 0 Å². The number of hydrogen-bond acceptors (Lipinski definition) is 4. The Morgan fingerprint density at radius 2 is 2.12 bits per heavy atom. The zero-order valence-electron chi connectivity index (χ0n) is 9.10. The van der Waals surface area contributed by atoms with Crippen molar-refractivity contribution >= 4 is 17.7 Å². The largest absolute Gasteiger partial charge is 0.740 e. The average molecular weight is 236 g/mol. The molecule has 1 saturated heterocycles. The first-order chi connectivity index (χ1) is 7.72. The average Bonchev–Trinajstić information content (AvgIpc) is 2.78. The van der Waals surface area contributed by atoms with E-state index in [9.17, 15) is 4.79 Å². The number of nitrogens with one attached hydrogen (secondary N) is 1. The molecule has 1 aliphatic heterocycles. The van der Waals surface area contributed by atoms with Gasteiger partial charge in [-0.15, -0.1) is 0 Å². The summed E-state index contributed by atoms with van der Waals surface area (Å²) in [6, 6.07) is 7.63. The van der Waals surface area contributed by atoms with E-state index in [0.717, 1.165) is 24.3 Å². The van der Waals surface area contributed by atoms with Crippen LogP contribution in [0, 0.1) is 0 Å². The van der Waals surface area contributed by atoms with E-state index in [1.165, 1.54) is 0 Å². The van der Waals surface area contributed by atoms with Gasteiger partial charge in [0.1, 0.15) is 5.75 Å². The highest BCUT2D eigenvalue weighted by Crippen LogP contribution is 2.29. The summed E-state index contributed by atoms with van der Waals surface area (Å²) in [6.07, 6.45) is 0.958. The Morgan fingerprint density at radius 3 is 2.69 bits per heavy atom. The maximum atomic E-state index is 11.3. The predicted molar refractivity (Wildman–Crippen MR) is 64.5 cm³/mol. The Kier molecular flexibility index (Phi) is 3.41. The van der Waals surface area contributed by atoms with Gasteiger partial charge in [-0.3, -0.25) is 0 Å². The van der Waals surface area contributed by atoms with Crippen molar-refractivity contribution in [2.45, 2.75) is 18.4 Å². The highest BCUT2D eigenvalue weighted by Gasteiger charge is 2.28. The van der Waals surface area contributed by atoms with Crippen molar-refractivity contribution in [3.8, 4) is 5.75 Å². The molecule has 1 aliphatic rings. The summed E-state index contributed by atoms with van der Waals surface area (Å²) < 4.78 is 5.10. The normalized spacial score (nSPS) is 24.3. The Hall–Kier alpha value is -1.13. The summed E-state index contributed by atoms with van der Waals surface area (Å²) in [7, 11) is 1.64. The molecule has 0 bridgehead atoms. The van der Waals surface area contributed by atoms with Gasteiger partial charge in [0.25, 0.3) is 0 Å². The highest BCUT2D eigenvalue weighted by atomic mass is 32.1. The quantitative estimate of drug-likeness (QED) is 0.801. The monoisotopic (exact) mass is 236 g/mol. The van der Waals surface area contributed by atoms with E-state index in [0.29, 0.717) is 0 Å². The van der Waals surface area contributed by atoms with E-state index in [4.69, 9.17) is 17.4 Å². The molecule has 86 valence electrons. The fraction of sp³-hybridized carbons (Fsp3) is 0.417. The molecule has 2 atom stereocenters. The molecule has 1 heterocycles. The first-order valence-corrected chi connectivity index (χ1v) is 5.71. The molecule has 0 radical (unpaired) electrons. The van der Waals surface area contributed by atoms with E-state index in [-0.39, 0.29) is 17.1 Å². The van der Waals surface area contributed by atoms with Gasteiger partial charge in [0.15, 0.2) is 0 Å². The van der Waals surface area contributed by atoms with Crippen LogP contribution in [0.1, 0.15) is 17.9 Å². The summed E-state index contributed by atoms with van der Waals surface area (Å²) in [6.45, 7) is 0.851. The highest BCUT2D eigenvalue weighted by molar-refractivity contribution is 7.77. The molecule has 0 amide bonds. The van der Waals surface area contributed by atoms with Gasteiger partial charge in [-0.1, -0.05) is 12.1 Å². The second kappa shape index (κ2) is 4.80. The molecule has 0 aromatic heterocycles. The van der Waals surface area contributed by atoms with Crippen molar-refractivity contribution in [2.24, 2.45) is 0 Å². The van der Waals surface area contributed by atoms with Gasteiger partial charge in [-0.25, -0.2) is 0 Å². The van der Waals surface area contributed by atoms with Gasteiger partial charge >= 0.3 is 0 Å². The molecule has 1 fully saturated rings. The Labute approximate surface area is 101 Å². The second-order valence-corrected chi connectivity index (χ2v) is 4.32. The van der Waals surface area contributed by atoms with Gasteiger partial charge in [0.05, 0.1) is 13.2 Å². The molecular weight excluding hydrogens is 222 g/mol. The minimum absolute atomic E-state index is 0.196.